The summed E-state index contributed by atoms with van der Waals surface area (Å²) in [5.74, 6) is -3.03. The number of aliphatic carboxylic acids is 1. The number of carbonyl (C=O) groups is 2. The van der Waals surface area contributed by atoms with Gasteiger partial charge in [-0.2, -0.15) is 5.10 Å². The smallest absolute Gasteiger partial charge is 0.331 e. The fourth-order valence-corrected chi connectivity index (χ4v) is 6.08. The number of hydrogen-bond acceptors (Lipinski definition) is 6. The van der Waals surface area contributed by atoms with E-state index in [4.69, 9.17) is 4.74 Å². The van der Waals surface area contributed by atoms with Crippen molar-refractivity contribution in [3.63, 3.8) is 0 Å². The largest absolute Gasteiger partial charge is 0.479 e. The van der Waals surface area contributed by atoms with E-state index in [9.17, 15) is 14.7 Å². The number of methoxy groups -OCH3 is 1. The predicted molar refractivity (Wildman–Crippen MR) is 139 cm³/mol. The number of rotatable bonds is 8. The van der Waals surface area contributed by atoms with Crippen molar-refractivity contribution in [2.24, 2.45) is 5.92 Å². The zero-order chi connectivity index (χ0) is 27.0. The third-order valence-corrected chi connectivity index (χ3v) is 7.71. The second-order valence-electron chi connectivity index (χ2n) is 10.3. The predicted octanol–water partition coefficient (Wildman–Crippen LogP) is 4.79. The molecular weight excluding hydrogens is 495 g/mol. The normalized spacial score (nSPS) is 21.8. The maximum Gasteiger partial charge on any atom is 0.331 e. The third kappa shape index (κ3) is 4.83. The Hall–Kier alpha value is -3.37. The van der Waals surface area contributed by atoms with Gasteiger partial charge in [0, 0.05) is 37.0 Å². The number of aromatic nitrogens is 3. The Bertz CT molecular complexity index is 1290. The number of nitrogens with zero attached hydrogens (tertiary/aromatic N) is 4. The number of carboxylic acid groups (broad SMARTS) is 1. The second kappa shape index (κ2) is 10.2. The molecule has 1 aromatic carbocycles. The van der Waals surface area contributed by atoms with E-state index in [1.807, 2.05) is 20.8 Å². The molecule has 1 saturated heterocycles. The lowest BCUT2D eigenvalue weighted by Gasteiger charge is -2.38. The topological polar surface area (TPSA) is 97.6 Å². The first-order valence-corrected chi connectivity index (χ1v) is 12.8. The molecule has 1 fully saturated rings. The number of carbonyl (C=O) groups excluding carboxylic acids is 1. The number of halogens is 1. The Labute approximate surface area is 219 Å². The second-order valence-corrected chi connectivity index (χ2v) is 11.2. The average Bonchev–Trinajstić information content (AvgIpc) is 3.59. The highest BCUT2D eigenvalue weighted by atomic mass is 32.1. The molecule has 2 aromatic heterocycles. The molecule has 10 heteroatoms. The van der Waals surface area contributed by atoms with Crippen LogP contribution in [0.5, 0.6) is 0 Å². The van der Waals surface area contributed by atoms with E-state index in [1.54, 1.807) is 36.1 Å². The van der Waals surface area contributed by atoms with Crippen molar-refractivity contribution < 1.29 is 23.8 Å². The van der Waals surface area contributed by atoms with Gasteiger partial charge in [-0.1, -0.05) is 33.4 Å². The molecule has 1 aliphatic rings. The molecule has 37 heavy (non-hydrogen) atoms. The van der Waals surface area contributed by atoms with Crippen LogP contribution in [0.4, 0.5) is 4.39 Å². The summed E-state index contributed by atoms with van der Waals surface area (Å²) in [6.07, 6.45) is 6.46. The van der Waals surface area contributed by atoms with Crippen molar-refractivity contribution in [3.8, 4) is 0 Å². The summed E-state index contributed by atoms with van der Waals surface area (Å²) in [6.45, 7) is 9.79. The zero-order valence-corrected chi connectivity index (χ0v) is 22.2. The van der Waals surface area contributed by atoms with E-state index in [1.165, 1.54) is 40.2 Å². The van der Waals surface area contributed by atoms with Gasteiger partial charge in [0.25, 0.3) is 5.91 Å². The Balaban J connectivity index is 1.93. The Morgan fingerprint density at radius 2 is 2.11 bits per heavy atom. The highest BCUT2D eigenvalue weighted by molar-refractivity contribution is 7.09. The van der Waals surface area contributed by atoms with Gasteiger partial charge in [0.15, 0.2) is 5.54 Å². The van der Waals surface area contributed by atoms with Crippen LogP contribution in [0.15, 0.2) is 48.7 Å². The van der Waals surface area contributed by atoms with E-state index in [2.05, 4.69) is 16.7 Å². The monoisotopic (exact) mass is 526 g/mol. The molecule has 0 aliphatic carbocycles. The molecule has 3 atom stereocenters. The van der Waals surface area contributed by atoms with Gasteiger partial charge in [0.05, 0.1) is 24.8 Å². The number of carboxylic acids is 1. The van der Waals surface area contributed by atoms with Gasteiger partial charge in [0.2, 0.25) is 0 Å². The van der Waals surface area contributed by atoms with Crippen LogP contribution >= 0.6 is 11.3 Å². The minimum atomic E-state index is -1.72. The van der Waals surface area contributed by atoms with Crippen molar-refractivity contribution in [2.45, 2.75) is 50.7 Å². The Kier molecular flexibility index (Phi) is 7.34. The molecule has 1 aliphatic heterocycles. The van der Waals surface area contributed by atoms with Gasteiger partial charge in [-0.25, -0.2) is 14.2 Å². The Morgan fingerprint density at radius 1 is 1.35 bits per heavy atom. The highest BCUT2D eigenvalue weighted by Crippen LogP contribution is 2.49. The van der Waals surface area contributed by atoms with Crippen molar-refractivity contribution in [3.05, 3.63) is 76.3 Å². The molecule has 1 amide bonds. The number of ether oxygens (including phenoxy) is 1. The fourth-order valence-electron chi connectivity index (χ4n) is 5.26. The molecule has 3 heterocycles. The molecule has 8 nitrogen and oxygen atoms in total. The van der Waals surface area contributed by atoms with Crippen LogP contribution in [0.2, 0.25) is 0 Å². The Morgan fingerprint density at radius 3 is 2.65 bits per heavy atom. The van der Waals surface area contributed by atoms with E-state index < -0.39 is 34.7 Å². The zero-order valence-electron chi connectivity index (χ0n) is 21.3. The molecular formula is C27H31FN4O4S. The average molecular weight is 527 g/mol. The maximum absolute atomic E-state index is 15.7. The van der Waals surface area contributed by atoms with Gasteiger partial charge in [-0.3, -0.25) is 9.48 Å². The third-order valence-electron chi connectivity index (χ3n) is 6.87. The summed E-state index contributed by atoms with van der Waals surface area (Å²) in [4.78, 5) is 33.1. The first kappa shape index (κ1) is 26.7. The van der Waals surface area contributed by atoms with Crippen LogP contribution < -0.4 is 0 Å². The molecule has 196 valence electrons. The minimum absolute atomic E-state index is 0.0853. The fraction of sp³-hybridized carbons (Fsp3) is 0.407. The van der Waals surface area contributed by atoms with Gasteiger partial charge >= 0.3 is 5.97 Å². The first-order chi connectivity index (χ1) is 17.5. The van der Waals surface area contributed by atoms with E-state index >= 15 is 4.39 Å². The summed E-state index contributed by atoms with van der Waals surface area (Å²) in [5, 5.41) is 17.2. The van der Waals surface area contributed by atoms with Crippen LogP contribution in [0.1, 0.15) is 59.7 Å². The van der Waals surface area contributed by atoms with Crippen molar-refractivity contribution >= 4 is 29.3 Å². The standard InChI is InChI=1S/C27H31FN4O4S/c1-6-17-12-19(21(28)13-20(17)26(2,3)4)24(33)32-22(23-29-9-11-37-23)18(15-36-5)14-27(32,25(34)35)16-31-10-7-8-30-31/h6-13,18,22H,1,14-16H2,2-5H3,(H,34,35)/t18-,22-,27-/m1/s1. The summed E-state index contributed by atoms with van der Waals surface area (Å²) < 4.78 is 22.6. The summed E-state index contributed by atoms with van der Waals surface area (Å²) in [6, 6.07) is 3.77. The summed E-state index contributed by atoms with van der Waals surface area (Å²) in [7, 11) is 1.53. The molecule has 0 spiro atoms. The quantitative estimate of drug-likeness (QED) is 0.453. The summed E-state index contributed by atoms with van der Waals surface area (Å²) >= 11 is 1.32. The van der Waals surface area contributed by atoms with Crippen molar-refractivity contribution in [2.75, 3.05) is 13.7 Å². The molecule has 0 bridgehead atoms. The van der Waals surface area contributed by atoms with E-state index in [-0.39, 0.29) is 31.1 Å². The SMILES string of the molecule is C=Cc1cc(C(=O)N2[C@@H](c3nccs3)[C@@H](COC)C[C@@]2(Cn2cccn2)C(=O)O)c(F)cc1C(C)(C)C. The number of likely N-dealkylation sites (tertiary alicyclic amines) is 1. The number of hydrogen-bond donors (Lipinski definition) is 1. The highest BCUT2D eigenvalue weighted by Gasteiger charge is 2.60. The molecule has 1 N–H and O–H groups in total. The molecule has 0 radical (unpaired) electrons. The molecule has 3 aromatic rings. The van der Waals surface area contributed by atoms with Gasteiger partial charge in [-0.15, -0.1) is 11.3 Å². The van der Waals surface area contributed by atoms with E-state index in [0.29, 0.717) is 16.1 Å². The van der Waals surface area contributed by atoms with Gasteiger partial charge < -0.3 is 14.7 Å². The minimum Gasteiger partial charge on any atom is -0.479 e. The van der Waals surface area contributed by atoms with Crippen molar-refractivity contribution in [1.29, 1.82) is 0 Å². The van der Waals surface area contributed by atoms with Crippen LogP contribution in [0.3, 0.4) is 0 Å². The first-order valence-electron chi connectivity index (χ1n) is 11.9. The van der Waals surface area contributed by atoms with Crippen molar-refractivity contribution in [1.82, 2.24) is 19.7 Å². The van der Waals surface area contributed by atoms with Crippen LogP contribution in [-0.2, 0) is 21.5 Å². The lowest BCUT2D eigenvalue weighted by atomic mass is 9.82. The number of amides is 1. The van der Waals surface area contributed by atoms with Gasteiger partial charge in [-0.05, 0) is 41.2 Å². The van der Waals surface area contributed by atoms with Crippen LogP contribution in [0.25, 0.3) is 6.08 Å². The van der Waals surface area contributed by atoms with E-state index in [0.717, 1.165) is 0 Å². The van der Waals surface area contributed by atoms with Gasteiger partial charge in [0.1, 0.15) is 10.8 Å². The molecule has 0 unspecified atom stereocenters. The lowest BCUT2D eigenvalue weighted by Crippen LogP contribution is -2.56. The summed E-state index contributed by atoms with van der Waals surface area (Å²) in [5.41, 5.74) is -1.01. The number of benzene rings is 1. The molecule has 4 rings (SSSR count). The van der Waals surface area contributed by atoms with Crippen LogP contribution in [0, 0.1) is 11.7 Å². The lowest BCUT2D eigenvalue weighted by molar-refractivity contribution is -0.150. The molecule has 0 saturated carbocycles. The van der Waals surface area contributed by atoms with Crippen LogP contribution in [-0.4, -0.2) is 55.9 Å². The number of thiazole rings is 1. The maximum atomic E-state index is 15.7.